The lowest BCUT2D eigenvalue weighted by atomic mass is 10.2. The Morgan fingerprint density at radius 3 is 2.74 bits per heavy atom. The van der Waals surface area contributed by atoms with Crippen molar-refractivity contribution in [2.75, 3.05) is 0 Å². The van der Waals surface area contributed by atoms with Crippen molar-refractivity contribution in [3.8, 4) is 0 Å². The van der Waals surface area contributed by atoms with Gasteiger partial charge in [0.2, 0.25) is 0 Å². The average Bonchev–Trinajstić information content (AvgIpc) is 2.38. The van der Waals surface area contributed by atoms with E-state index in [2.05, 4.69) is 40.1 Å². The van der Waals surface area contributed by atoms with Crippen molar-refractivity contribution in [3.63, 3.8) is 0 Å². The molecule has 0 spiro atoms. The molecule has 3 nitrogen and oxygen atoms in total. The standard InChI is InChI=1S/C14H13BrN2OS/c1-9-3-2-4-11(7-9)19-13-8-10(15)5-6-12(13)14(16)17-18/h2-8,18H,1H3,(H2,16,17). The minimum absolute atomic E-state index is 0.114. The van der Waals surface area contributed by atoms with Gasteiger partial charge in [-0.3, -0.25) is 0 Å². The number of halogens is 1. The molecule has 0 fully saturated rings. The number of hydrogen-bond donors (Lipinski definition) is 2. The minimum Gasteiger partial charge on any atom is -0.409 e. The molecular weight excluding hydrogens is 324 g/mol. The first kappa shape index (κ1) is 14.0. The van der Waals surface area contributed by atoms with E-state index in [1.165, 1.54) is 5.56 Å². The molecule has 0 saturated carbocycles. The maximum Gasteiger partial charge on any atom is 0.171 e. The summed E-state index contributed by atoms with van der Waals surface area (Å²) < 4.78 is 0.956. The summed E-state index contributed by atoms with van der Waals surface area (Å²) in [5, 5.41) is 11.9. The number of nitrogens with zero attached hydrogens (tertiary/aromatic N) is 1. The Morgan fingerprint density at radius 2 is 2.05 bits per heavy atom. The molecule has 0 bridgehead atoms. The number of hydrogen-bond acceptors (Lipinski definition) is 3. The Kier molecular flexibility index (Phi) is 4.50. The van der Waals surface area contributed by atoms with Crippen LogP contribution in [-0.4, -0.2) is 11.0 Å². The lowest BCUT2D eigenvalue weighted by Gasteiger charge is -2.09. The van der Waals surface area contributed by atoms with Crippen LogP contribution in [0.5, 0.6) is 0 Å². The molecule has 0 aromatic heterocycles. The van der Waals surface area contributed by atoms with Crippen LogP contribution in [0.2, 0.25) is 0 Å². The zero-order chi connectivity index (χ0) is 13.8. The van der Waals surface area contributed by atoms with Gasteiger partial charge in [0.25, 0.3) is 0 Å². The maximum absolute atomic E-state index is 8.83. The predicted octanol–water partition coefficient (Wildman–Crippen LogP) is 4.00. The highest BCUT2D eigenvalue weighted by Crippen LogP contribution is 2.32. The molecule has 0 aliphatic carbocycles. The molecule has 3 N–H and O–H groups in total. The van der Waals surface area contributed by atoms with Crippen molar-refractivity contribution in [1.82, 2.24) is 0 Å². The second-order valence-corrected chi connectivity index (χ2v) is 6.08. The van der Waals surface area contributed by atoms with Crippen molar-refractivity contribution in [2.24, 2.45) is 10.9 Å². The highest BCUT2D eigenvalue weighted by molar-refractivity contribution is 9.10. The Balaban J connectivity index is 2.41. The van der Waals surface area contributed by atoms with Gasteiger partial charge in [0, 0.05) is 19.8 Å². The van der Waals surface area contributed by atoms with Crippen molar-refractivity contribution >= 4 is 33.5 Å². The molecule has 98 valence electrons. The molecule has 0 aliphatic heterocycles. The molecule has 2 aromatic rings. The molecule has 0 heterocycles. The van der Waals surface area contributed by atoms with Gasteiger partial charge in [-0.05, 0) is 37.3 Å². The smallest absolute Gasteiger partial charge is 0.171 e. The molecule has 0 saturated heterocycles. The quantitative estimate of drug-likeness (QED) is 0.385. The Morgan fingerprint density at radius 1 is 1.26 bits per heavy atom. The summed E-state index contributed by atoms with van der Waals surface area (Å²) in [5.41, 5.74) is 7.62. The first-order chi connectivity index (χ1) is 9.10. The molecule has 0 atom stereocenters. The summed E-state index contributed by atoms with van der Waals surface area (Å²) in [6, 6.07) is 13.9. The van der Waals surface area contributed by atoms with E-state index in [-0.39, 0.29) is 5.84 Å². The van der Waals surface area contributed by atoms with Crippen molar-refractivity contribution in [3.05, 3.63) is 58.1 Å². The molecule has 2 rings (SSSR count). The summed E-state index contributed by atoms with van der Waals surface area (Å²) >= 11 is 5.02. The third-order valence-electron chi connectivity index (χ3n) is 2.54. The molecule has 0 unspecified atom stereocenters. The van der Waals surface area contributed by atoms with Crippen molar-refractivity contribution in [2.45, 2.75) is 16.7 Å². The number of oxime groups is 1. The molecule has 0 amide bonds. The van der Waals surface area contributed by atoms with Gasteiger partial charge < -0.3 is 10.9 Å². The fourth-order valence-corrected chi connectivity index (χ4v) is 3.28. The largest absolute Gasteiger partial charge is 0.409 e. The van der Waals surface area contributed by atoms with Crippen LogP contribution in [0.25, 0.3) is 0 Å². The van der Waals surface area contributed by atoms with Gasteiger partial charge >= 0.3 is 0 Å². The van der Waals surface area contributed by atoms with E-state index >= 15 is 0 Å². The number of aryl methyl sites for hydroxylation is 1. The number of amidine groups is 1. The van der Waals surface area contributed by atoms with E-state index in [0.29, 0.717) is 0 Å². The molecule has 5 heteroatoms. The fourth-order valence-electron chi connectivity index (χ4n) is 1.65. The van der Waals surface area contributed by atoms with Crippen LogP contribution in [0.1, 0.15) is 11.1 Å². The summed E-state index contributed by atoms with van der Waals surface area (Å²) in [4.78, 5) is 2.06. The van der Waals surface area contributed by atoms with Gasteiger partial charge in [-0.25, -0.2) is 0 Å². The topological polar surface area (TPSA) is 58.6 Å². The average molecular weight is 337 g/mol. The SMILES string of the molecule is Cc1cccc(Sc2cc(Br)ccc2/C(N)=N/O)c1. The van der Waals surface area contributed by atoms with Crippen LogP contribution in [0.15, 0.2) is 61.9 Å². The summed E-state index contributed by atoms with van der Waals surface area (Å²) in [5.74, 6) is 0.114. The zero-order valence-corrected chi connectivity index (χ0v) is 12.7. The van der Waals surface area contributed by atoms with Crippen LogP contribution < -0.4 is 5.73 Å². The van der Waals surface area contributed by atoms with Crippen LogP contribution in [-0.2, 0) is 0 Å². The normalized spacial score (nSPS) is 11.6. The molecule has 2 aromatic carbocycles. The van der Waals surface area contributed by atoms with E-state index in [1.54, 1.807) is 11.8 Å². The first-order valence-electron chi connectivity index (χ1n) is 5.62. The Bertz CT molecular complexity index is 629. The molecule has 19 heavy (non-hydrogen) atoms. The lowest BCUT2D eigenvalue weighted by Crippen LogP contribution is -2.14. The van der Waals surface area contributed by atoms with Crippen molar-refractivity contribution < 1.29 is 5.21 Å². The fraction of sp³-hybridized carbons (Fsp3) is 0.0714. The van der Waals surface area contributed by atoms with Crippen molar-refractivity contribution in [1.29, 1.82) is 0 Å². The number of nitrogens with two attached hydrogens (primary N) is 1. The van der Waals surface area contributed by atoms with E-state index in [1.807, 2.05) is 30.3 Å². The first-order valence-corrected chi connectivity index (χ1v) is 7.23. The van der Waals surface area contributed by atoms with Gasteiger partial charge in [-0.2, -0.15) is 0 Å². The van der Waals surface area contributed by atoms with Gasteiger partial charge in [0.15, 0.2) is 5.84 Å². The highest BCUT2D eigenvalue weighted by Gasteiger charge is 2.09. The predicted molar refractivity (Wildman–Crippen MR) is 82.0 cm³/mol. The minimum atomic E-state index is 0.114. The van der Waals surface area contributed by atoms with E-state index in [4.69, 9.17) is 10.9 Å². The highest BCUT2D eigenvalue weighted by atomic mass is 79.9. The van der Waals surface area contributed by atoms with Crippen LogP contribution in [0.4, 0.5) is 0 Å². The summed E-state index contributed by atoms with van der Waals surface area (Å²) in [7, 11) is 0. The maximum atomic E-state index is 8.83. The Labute approximate surface area is 124 Å². The monoisotopic (exact) mass is 336 g/mol. The third-order valence-corrected chi connectivity index (χ3v) is 4.09. The molecule has 0 radical (unpaired) electrons. The van der Waals surface area contributed by atoms with E-state index in [0.717, 1.165) is 19.8 Å². The number of benzene rings is 2. The second-order valence-electron chi connectivity index (χ2n) is 4.04. The van der Waals surface area contributed by atoms with E-state index in [9.17, 15) is 0 Å². The van der Waals surface area contributed by atoms with Crippen LogP contribution in [0.3, 0.4) is 0 Å². The van der Waals surface area contributed by atoms with Gasteiger partial charge in [-0.15, -0.1) is 0 Å². The zero-order valence-electron chi connectivity index (χ0n) is 10.3. The van der Waals surface area contributed by atoms with Gasteiger partial charge in [-0.1, -0.05) is 50.5 Å². The molecular formula is C14H13BrN2OS. The van der Waals surface area contributed by atoms with Crippen LogP contribution in [0, 0.1) is 6.92 Å². The number of rotatable bonds is 3. The van der Waals surface area contributed by atoms with E-state index < -0.39 is 0 Å². The van der Waals surface area contributed by atoms with Crippen LogP contribution >= 0.6 is 27.7 Å². The lowest BCUT2D eigenvalue weighted by molar-refractivity contribution is 0.318. The Hall–Kier alpha value is -1.46. The third kappa shape index (κ3) is 3.52. The second kappa shape index (κ2) is 6.12. The summed E-state index contributed by atoms with van der Waals surface area (Å²) in [6.45, 7) is 2.05. The van der Waals surface area contributed by atoms with Gasteiger partial charge in [0.05, 0.1) is 0 Å². The van der Waals surface area contributed by atoms with Gasteiger partial charge in [0.1, 0.15) is 0 Å². The summed E-state index contributed by atoms with van der Waals surface area (Å²) in [6.07, 6.45) is 0. The molecule has 0 aliphatic rings.